The van der Waals surface area contributed by atoms with Gasteiger partial charge in [-0.3, -0.25) is 20.0 Å². The van der Waals surface area contributed by atoms with Crippen LogP contribution < -0.4 is 5.43 Å². The monoisotopic (exact) mass is 266 g/mol. The van der Waals surface area contributed by atoms with Gasteiger partial charge in [-0.25, -0.2) is 0 Å². The molecule has 0 spiro atoms. The first kappa shape index (κ1) is 12.9. The van der Waals surface area contributed by atoms with Gasteiger partial charge in [0.25, 0.3) is 11.8 Å². The Kier molecular flexibility index (Phi) is 3.30. The van der Waals surface area contributed by atoms with Crippen LogP contribution in [0.3, 0.4) is 0 Å². The topological polar surface area (TPSA) is 49.4 Å². The van der Waals surface area contributed by atoms with E-state index < -0.39 is 5.41 Å². The maximum atomic E-state index is 12.2. The molecule has 1 heterocycles. The molecule has 0 bridgehead atoms. The van der Waals surface area contributed by atoms with E-state index in [4.69, 9.17) is 11.6 Å². The Bertz CT molecular complexity index is 486. The quantitative estimate of drug-likeness (QED) is 0.848. The van der Waals surface area contributed by atoms with Crippen molar-refractivity contribution < 1.29 is 9.59 Å². The first-order chi connectivity index (χ1) is 8.49. The average Bonchev–Trinajstić information content (AvgIpc) is 2.56. The molecule has 4 nitrogen and oxygen atoms in total. The number of nitrogens with zero attached hydrogens (tertiary/aromatic N) is 1. The molecule has 1 aliphatic rings. The van der Waals surface area contributed by atoms with Crippen molar-refractivity contribution in [2.24, 2.45) is 5.41 Å². The number of benzene rings is 1. The van der Waals surface area contributed by atoms with Crippen LogP contribution in [-0.2, 0) is 16.0 Å². The maximum absolute atomic E-state index is 12.2. The van der Waals surface area contributed by atoms with Crippen LogP contribution in [0.1, 0.15) is 18.9 Å². The number of hydrogen-bond acceptors (Lipinski definition) is 2. The molecule has 96 valence electrons. The van der Waals surface area contributed by atoms with Crippen molar-refractivity contribution in [3.63, 3.8) is 0 Å². The number of nitrogens with one attached hydrogen (secondary N) is 1. The first-order valence-electron chi connectivity index (χ1n) is 5.83. The summed E-state index contributed by atoms with van der Waals surface area (Å²) in [6.45, 7) is 1.85. The Labute approximate surface area is 111 Å². The number of carbonyl (C=O) groups excluding carboxylic acids is 2. The smallest absolute Gasteiger partial charge is 0.256 e. The SMILES string of the molecule is CCC1(Cc2ccc(Cl)cc2)C(=O)NN(C)C1=O. The van der Waals surface area contributed by atoms with Crippen LogP contribution >= 0.6 is 11.6 Å². The molecule has 0 aromatic heterocycles. The highest BCUT2D eigenvalue weighted by Gasteiger charge is 2.51. The minimum Gasteiger partial charge on any atom is -0.272 e. The van der Waals surface area contributed by atoms with Gasteiger partial charge in [0.1, 0.15) is 5.41 Å². The molecule has 1 N–H and O–H groups in total. The second-order valence-electron chi connectivity index (χ2n) is 4.54. The molecule has 1 atom stereocenters. The lowest BCUT2D eigenvalue weighted by molar-refractivity contribution is -0.138. The van der Waals surface area contributed by atoms with Crippen molar-refractivity contribution >= 4 is 23.4 Å². The van der Waals surface area contributed by atoms with E-state index in [1.807, 2.05) is 19.1 Å². The lowest BCUT2D eigenvalue weighted by Crippen LogP contribution is -2.37. The van der Waals surface area contributed by atoms with Crippen molar-refractivity contribution in [2.45, 2.75) is 19.8 Å². The summed E-state index contributed by atoms with van der Waals surface area (Å²) in [6.07, 6.45) is 0.875. The number of rotatable bonds is 3. The minimum absolute atomic E-state index is 0.176. The molecule has 0 saturated carbocycles. The fourth-order valence-electron chi connectivity index (χ4n) is 2.27. The predicted molar refractivity (Wildman–Crippen MR) is 68.8 cm³/mol. The Morgan fingerprint density at radius 1 is 1.28 bits per heavy atom. The molecule has 1 aromatic rings. The van der Waals surface area contributed by atoms with Crippen LogP contribution in [0.4, 0.5) is 0 Å². The van der Waals surface area contributed by atoms with E-state index in [1.54, 1.807) is 19.2 Å². The lowest BCUT2D eigenvalue weighted by Gasteiger charge is -2.21. The summed E-state index contributed by atoms with van der Waals surface area (Å²) in [6, 6.07) is 7.22. The van der Waals surface area contributed by atoms with Crippen molar-refractivity contribution in [1.82, 2.24) is 10.4 Å². The zero-order valence-electron chi connectivity index (χ0n) is 10.4. The number of halogens is 1. The summed E-state index contributed by atoms with van der Waals surface area (Å²) in [7, 11) is 1.57. The normalized spacial score (nSPS) is 23.4. The van der Waals surface area contributed by atoms with Gasteiger partial charge in [0.2, 0.25) is 0 Å². The van der Waals surface area contributed by atoms with E-state index in [1.165, 1.54) is 5.01 Å². The fourth-order valence-corrected chi connectivity index (χ4v) is 2.40. The molecular weight excluding hydrogens is 252 g/mol. The number of carbonyl (C=O) groups is 2. The third kappa shape index (κ3) is 1.97. The summed E-state index contributed by atoms with van der Waals surface area (Å²) in [4.78, 5) is 24.2. The highest BCUT2D eigenvalue weighted by Crippen LogP contribution is 2.33. The summed E-state index contributed by atoms with van der Waals surface area (Å²) in [5.74, 6) is -0.405. The van der Waals surface area contributed by atoms with Gasteiger partial charge in [-0.15, -0.1) is 0 Å². The van der Waals surface area contributed by atoms with Crippen LogP contribution in [0.25, 0.3) is 0 Å². The van der Waals surface area contributed by atoms with Crippen LogP contribution in [-0.4, -0.2) is 23.9 Å². The van der Waals surface area contributed by atoms with Crippen molar-refractivity contribution in [1.29, 1.82) is 0 Å². The summed E-state index contributed by atoms with van der Waals surface area (Å²) < 4.78 is 0. The van der Waals surface area contributed by atoms with Crippen molar-refractivity contribution in [3.8, 4) is 0 Å². The van der Waals surface area contributed by atoms with E-state index in [0.29, 0.717) is 17.9 Å². The highest BCUT2D eigenvalue weighted by atomic mass is 35.5. The summed E-state index contributed by atoms with van der Waals surface area (Å²) in [5, 5.41) is 1.91. The molecule has 5 heteroatoms. The third-order valence-corrected chi connectivity index (χ3v) is 3.69. The van der Waals surface area contributed by atoms with Crippen LogP contribution in [0.5, 0.6) is 0 Å². The number of amides is 2. The second-order valence-corrected chi connectivity index (χ2v) is 4.98. The standard InChI is InChI=1S/C13H15ClN2O2/c1-3-13(11(17)15-16(2)12(13)18)8-9-4-6-10(14)7-5-9/h4-7H,3,8H2,1-2H3,(H,15,17). The van der Waals surface area contributed by atoms with Crippen LogP contribution in [0.15, 0.2) is 24.3 Å². The van der Waals surface area contributed by atoms with Gasteiger partial charge in [-0.05, 0) is 30.5 Å². The van der Waals surface area contributed by atoms with Gasteiger partial charge in [0.05, 0.1) is 0 Å². The molecule has 2 rings (SSSR count). The Hall–Kier alpha value is -1.55. The van der Waals surface area contributed by atoms with E-state index in [2.05, 4.69) is 5.43 Å². The minimum atomic E-state index is -0.984. The van der Waals surface area contributed by atoms with E-state index >= 15 is 0 Å². The van der Waals surface area contributed by atoms with Gasteiger partial charge in [0, 0.05) is 12.1 Å². The van der Waals surface area contributed by atoms with E-state index in [0.717, 1.165) is 5.56 Å². The molecule has 1 aliphatic heterocycles. The molecular formula is C13H15ClN2O2. The molecule has 18 heavy (non-hydrogen) atoms. The fraction of sp³-hybridized carbons (Fsp3) is 0.385. The Morgan fingerprint density at radius 3 is 2.33 bits per heavy atom. The molecule has 2 amide bonds. The van der Waals surface area contributed by atoms with E-state index in [-0.39, 0.29) is 11.8 Å². The van der Waals surface area contributed by atoms with Gasteiger partial charge < -0.3 is 0 Å². The van der Waals surface area contributed by atoms with Gasteiger partial charge in [0.15, 0.2) is 0 Å². The van der Waals surface area contributed by atoms with Crippen molar-refractivity contribution in [3.05, 3.63) is 34.9 Å². The Balaban J connectivity index is 2.31. The first-order valence-corrected chi connectivity index (χ1v) is 6.21. The molecule has 0 radical (unpaired) electrons. The van der Waals surface area contributed by atoms with E-state index in [9.17, 15) is 9.59 Å². The second kappa shape index (κ2) is 4.61. The largest absolute Gasteiger partial charge is 0.272 e. The van der Waals surface area contributed by atoms with Crippen molar-refractivity contribution in [2.75, 3.05) is 7.05 Å². The number of hydrazine groups is 1. The zero-order valence-corrected chi connectivity index (χ0v) is 11.1. The zero-order chi connectivity index (χ0) is 13.3. The molecule has 1 aromatic carbocycles. The third-order valence-electron chi connectivity index (χ3n) is 3.44. The highest BCUT2D eigenvalue weighted by molar-refractivity contribution is 6.30. The van der Waals surface area contributed by atoms with Crippen LogP contribution in [0.2, 0.25) is 5.02 Å². The predicted octanol–water partition coefficient (Wildman–Crippen LogP) is 1.78. The van der Waals surface area contributed by atoms with Gasteiger partial charge >= 0.3 is 0 Å². The summed E-state index contributed by atoms with van der Waals surface area (Å²) >= 11 is 5.82. The molecule has 1 fully saturated rings. The molecule has 1 unspecified atom stereocenters. The van der Waals surface area contributed by atoms with Gasteiger partial charge in [-0.1, -0.05) is 30.7 Å². The Morgan fingerprint density at radius 2 is 1.89 bits per heavy atom. The number of hydrogen-bond donors (Lipinski definition) is 1. The van der Waals surface area contributed by atoms with Crippen LogP contribution in [0, 0.1) is 5.41 Å². The van der Waals surface area contributed by atoms with Gasteiger partial charge in [-0.2, -0.15) is 0 Å². The molecule has 0 aliphatic carbocycles. The lowest BCUT2D eigenvalue weighted by atomic mass is 9.78. The molecule has 1 saturated heterocycles. The summed E-state index contributed by atoms with van der Waals surface area (Å²) in [5.41, 5.74) is 2.51. The average molecular weight is 267 g/mol. The maximum Gasteiger partial charge on any atom is 0.256 e.